The third-order valence-corrected chi connectivity index (χ3v) is 4.54. The smallest absolute Gasteiger partial charge is 0.164 e. The van der Waals surface area contributed by atoms with E-state index in [4.69, 9.17) is 5.73 Å². The Labute approximate surface area is 146 Å². The third kappa shape index (κ3) is 2.51. The average molecular weight is 356 g/mol. The summed E-state index contributed by atoms with van der Waals surface area (Å²) in [4.78, 5) is 5.96. The number of aliphatic hydroxyl groups is 1. The Balaban J connectivity index is 1.81. The molecule has 1 aromatic carbocycles. The zero-order chi connectivity index (χ0) is 18.4. The van der Waals surface area contributed by atoms with E-state index in [-0.39, 0.29) is 29.9 Å². The number of hydrogen-bond donors (Lipinski definition) is 2. The van der Waals surface area contributed by atoms with Crippen LogP contribution in [-0.2, 0) is 0 Å². The molecule has 1 fully saturated rings. The molecule has 1 aliphatic rings. The summed E-state index contributed by atoms with van der Waals surface area (Å²) in [7, 11) is 0. The molecular weight excluding hydrogens is 342 g/mol. The first-order valence-corrected chi connectivity index (χ1v) is 7.91. The van der Waals surface area contributed by atoms with Gasteiger partial charge in [0.05, 0.1) is 17.7 Å². The number of benzene rings is 1. The van der Waals surface area contributed by atoms with Gasteiger partial charge in [-0.3, -0.25) is 0 Å². The fourth-order valence-corrected chi connectivity index (χ4v) is 3.37. The molecule has 0 saturated carbocycles. The second kappa shape index (κ2) is 5.93. The second-order valence-corrected chi connectivity index (χ2v) is 6.17. The van der Waals surface area contributed by atoms with Crippen molar-refractivity contribution in [2.75, 3.05) is 17.2 Å². The van der Waals surface area contributed by atoms with E-state index in [1.54, 1.807) is 11.0 Å². The molecule has 0 spiro atoms. The summed E-state index contributed by atoms with van der Waals surface area (Å²) in [6.07, 6.45) is 0.914. The van der Waals surface area contributed by atoms with Crippen molar-refractivity contribution in [1.29, 1.82) is 5.26 Å². The fourth-order valence-electron chi connectivity index (χ4n) is 3.37. The van der Waals surface area contributed by atoms with Crippen LogP contribution in [0.3, 0.4) is 0 Å². The predicted molar refractivity (Wildman–Crippen MR) is 89.2 cm³/mol. The summed E-state index contributed by atoms with van der Waals surface area (Å²) in [5, 5.41) is 23.3. The van der Waals surface area contributed by atoms with Crippen LogP contribution in [0, 0.1) is 23.0 Å². The number of halogens is 2. The molecule has 3 aromatic rings. The van der Waals surface area contributed by atoms with Gasteiger partial charge < -0.3 is 15.7 Å². The Morgan fingerprint density at radius 2 is 2.12 bits per heavy atom. The van der Waals surface area contributed by atoms with E-state index in [1.807, 2.05) is 6.07 Å². The van der Waals surface area contributed by atoms with Gasteiger partial charge in [-0.25, -0.2) is 18.3 Å². The van der Waals surface area contributed by atoms with Gasteiger partial charge in [0.1, 0.15) is 35.4 Å². The Morgan fingerprint density at radius 3 is 2.88 bits per heavy atom. The highest BCUT2D eigenvalue weighted by Gasteiger charge is 2.35. The quantitative estimate of drug-likeness (QED) is 0.725. The topological polar surface area (TPSA) is 103 Å². The Bertz CT molecular complexity index is 1040. The van der Waals surface area contributed by atoms with Crippen LogP contribution in [0.1, 0.15) is 23.6 Å². The summed E-state index contributed by atoms with van der Waals surface area (Å²) in [6, 6.07) is 6.25. The number of nitriles is 1. The number of aliphatic hydroxyl groups excluding tert-OH is 1. The van der Waals surface area contributed by atoms with Crippen LogP contribution in [0.15, 0.2) is 30.6 Å². The SMILES string of the molecule is N#Cc1c(N)nn2cnc(N3C[C@@H](O)C[C@H]3c3cc(F)ccc3F)cc12. The third-order valence-electron chi connectivity index (χ3n) is 4.54. The van der Waals surface area contributed by atoms with E-state index in [1.165, 1.54) is 10.8 Å². The van der Waals surface area contributed by atoms with Crippen molar-refractivity contribution in [3.63, 3.8) is 0 Å². The van der Waals surface area contributed by atoms with Gasteiger partial charge in [0.25, 0.3) is 0 Å². The molecule has 7 nitrogen and oxygen atoms in total. The number of nitrogen functional groups attached to an aromatic ring is 1. The van der Waals surface area contributed by atoms with Crippen LogP contribution >= 0.6 is 0 Å². The van der Waals surface area contributed by atoms with E-state index in [0.717, 1.165) is 18.2 Å². The maximum absolute atomic E-state index is 14.2. The lowest BCUT2D eigenvalue weighted by molar-refractivity contribution is 0.194. The van der Waals surface area contributed by atoms with Gasteiger partial charge in [0.2, 0.25) is 0 Å². The number of nitrogens with zero attached hydrogens (tertiary/aromatic N) is 5. The molecule has 132 valence electrons. The molecular formula is C17H14F2N6O. The van der Waals surface area contributed by atoms with Gasteiger partial charge >= 0.3 is 0 Å². The largest absolute Gasteiger partial charge is 0.391 e. The summed E-state index contributed by atoms with van der Waals surface area (Å²) in [5.41, 5.74) is 6.53. The molecule has 9 heteroatoms. The summed E-state index contributed by atoms with van der Waals surface area (Å²) < 4.78 is 29.2. The zero-order valence-corrected chi connectivity index (χ0v) is 13.5. The number of anilines is 2. The van der Waals surface area contributed by atoms with Gasteiger partial charge in [0.15, 0.2) is 5.82 Å². The number of hydrogen-bond acceptors (Lipinski definition) is 6. The molecule has 3 heterocycles. The van der Waals surface area contributed by atoms with E-state index in [2.05, 4.69) is 10.1 Å². The Morgan fingerprint density at radius 1 is 1.31 bits per heavy atom. The molecule has 2 aromatic heterocycles. The first kappa shape index (κ1) is 16.2. The number of nitrogens with two attached hydrogens (primary N) is 1. The Hall–Kier alpha value is -3.25. The minimum Gasteiger partial charge on any atom is -0.391 e. The number of fused-ring (bicyclic) bond motifs is 1. The van der Waals surface area contributed by atoms with Crippen LogP contribution in [0.2, 0.25) is 0 Å². The van der Waals surface area contributed by atoms with Crippen molar-refractivity contribution in [2.24, 2.45) is 0 Å². The van der Waals surface area contributed by atoms with Gasteiger partial charge in [-0.05, 0) is 24.6 Å². The molecule has 26 heavy (non-hydrogen) atoms. The van der Waals surface area contributed by atoms with E-state index >= 15 is 0 Å². The number of aromatic nitrogens is 3. The van der Waals surface area contributed by atoms with Gasteiger partial charge in [-0.15, -0.1) is 5.10 Å². The molecule has 0 radical (unpaired) electrons. The fraction of sp³-hybridized carbons (Fsp3) is 0.235. The summed E-state index contributed by atoms with van der Waals surface area (Å²) in [5.74, 6) is -0.607. The highest BCUT2D eigenvalue weighted by Crippen LogP contribution is 2.37. The first-order chi connectivity index (χ1) is 12.5. The van der Waals surface area contributed by atoms with Crippen molar-refractivity contribution < 1.29 is 13.9 Å². The highest BCUT2D eigenvalue weighted by molar-refractivity contribution is 5.72. The molecule has 1 aliphatic heterocycles. The molecule has 0 bridgehead atoms. The van der Waals surface area contributed by atoms with Crippen molar-refractivity contribution in [2.45, 2.75) is 18.6 Å². The minimum atomic E-state index is -0.717. The van der Waals surface area contributed by atoms with Crippen molar-refractivity contribution in [3.05, 3.63) is 53.4 Å². The summed E-state index contributed by atoms with van der Waals surface area (Å²) in [6.45, 7) is 0.204. The lowest BCUT2D eigenvalue weighted by atomic mass is 10.0. The minimum absolute atomic E-state index is 0.0839. The van der Waals surface area contributed by atoms with Gasteiger partial charge in [-0.1, -0.05) is 0 Å². The van der Waals surface area contributed by atoms with Crippen LogP contribution in [0.25, 0.3) is 5.52 Å². The summed E-state index contributed by atoms with van der Waals surface area (Å²) >= 11 is 0. The van der Waals surface area contributed by atoms with E-state index < -0.39 is 23.8 Å². The lowest BCUT2D eigenvalue weighted by Crippen LogP contribution is -2.26. The van der Waals surface area contributed by atoms with Gasteiger partial charge in [0, 0.05) is 18.2 Å². The van der Waals surface area contributed by atoms with Crippen LogP contribution in [0.4, 0.5) is 20.4 Å². The van der Waals surface area contributed by atoms with Gasteiger partial charge in [-0.2, -0.15) is 5.26 Å². The molecule has 2 atom stereocenters. The van der Waals surface area contributed by atoms with Crippen molar-refractivity contribution in [3.8, 4) is 6.07 Å². The maximum Gasteiger partial charge on any atom is 0.164 e. The van der Waals surface area contributed by atoms with Crippen LogP contribution in [-0.4, -0.2) is 32.4 Å². The molecule has 1 saturated heterocycles. The lowest BCUT2D eigenvalue weighted by Gasteiger charge is -2.26. The monoisotopic (exact) mass is 356 g/mol. The number of rotatable bonds is 2. The molecule has 3 N–H and O–H groups in total. The van der Waals surface area contributed by atoms with Crippen LogP contribution < -0.4 is 10.6 Å². The predicted octanol–water partition coefficient (Wildman–Crippen LogP) is 1.77. The van der Waals surface area contributed by atoms with Crippen molar-refractivity contribution >= 4 is 17.2 Å². The average Bonchev–Trinajstić information content (AvgIpc) is 3.15. The van der Waals surface area contributed by atoms with Crippen molar-refractivity contribution in [1.82, 2.24) is 14.6 Å². The first-order valence-electron chi connectivity index (χ1n) is 7.91. The van der Waals surface area contributed by atoms with E-state index in [0.29, 0.717) is 11.3 Å². The normalized spacial score (nSPS) is 19.8. The van der Waals surface area contributed by atoms with E-state index in [9.17, 15) is 19.1 Å². The zero-order valence-electron chi connectivity index (χ0n) is 13.5. The molecule has 0 amide bonds. The highest BCUT2D eigenvalue weighted by atomic mass is 19.1. The Kier molecular flexibility index (Phi) is 3.70. The molecule has 0 unspecified atom stereocenters. The maximum atomic E-state index is 14.2. The number of β-amino-alcohol motifs (C(OH)–C–C–N with tert-alkyl or cyclic N) is 1. The molecule has 4 rings (SSSR count). The second-order valence-electron chi connectivity index (χ2n) is 6.17. The van der Waals surface area contributed by atoms with Crippen LogP contribution in [0.5, 0.6) is 0 Å². The molecule has 0 aliphatic carbocycles. The standard InChI is InChI=1S/C17H14F2N6O/c18-9-1-2-13(19)11(3-9)14-4-10(26)7-24(14)16-5-15-12(6-20)17(21)23-25(15)8-22-16/h1-3,5,8,10,14,26H,4,7H2,(H2,21,23)/t10-,14-/m0/s1.